The molecule has 0 spiro atoms. The Kier molecular flexibility index (Phi) is 24.2. The van der Waals surface area contributed by atoms with Crippen LogP contribution in [0.3, 0.4) is 0 Å². The molecule has 0 bridgehead atoms. The van der Waals surface area contributed by atoms with Gasteiger partial charge in [0.25, 0.3) is 0 Å². The van der Waals surface area contributed by atoms with Gasteiger partial charge in [0.1, 0.15) is 0 Å². The number of hydrogen-bond donors (Lipinski definition) is 3. The molecule has 0 aliphatic carbocycles. The highest BCUT2D eigenvalue weighted by Gasteiger charge is 2.15. The molecule has 0 saturated carbocycles. The van der Waals surface area contributed by atoms with Crippen molar-refractivity contribution in [3.05, 3.63) is 25.3 Å². The molecule has 3 amide bonds. The molecule has 0 aromatic rings. The van der Waals surface area contributed by atoms with Gasteiger partial charge in [-0.1, -0.05) is 63.5 Å². The molecule has 8 heteroatoms. The minimum absolute atomic E-state index is 0.0383. The summed E-state index contributed by atoms with van der Waals surface area (Å²) in [6.07, 6.45) is 19.7. The molecule has 8 nitrogen and oxygen atoms in total. The highest BCUT2D eigenvalue weighted by molar-refractivity contribution is 5.81. The highest BCUT2D eigenvalue weighted by atomic mass is 16.4. The lowest BCUT2D eigenvalue weighted by molar-refractivity contribution is -0.140. The van der Waals surface area contributed by atoms with Crippen LogP contribution in [-0.4, -0.2) is 59.9 Å². The first-order chi connectivity index (χ1) is 18.4. The van der Waals surface area contributed by atoms with Crippen molar-refractivity contribution in [1.29, 1.82) is 0 Å². The van der Waals surface area contributed by atoms with Gasteiger partial charge in [-0.05, 0) is 38.5 Å². The molecule has 3 N–H and O–H groups in total. The molecule has 0 radical (unpaired) electrons. The fourth-order valence-corrected chi connectivity index (χ4v) is 4.13. The average molecular weight is 536 g/mol. The van der Waals surface area contributed by atoms with E-state index >= 15 is 0 Å². The quantitative estimate of drug-likeness (QED) is 0.0945. The predicted molar refractivity (Wildman–Crippen MR) is 154 cm³/mol. The number of carbonyl (C=O) groups excluding carboxylic acids is 3. The molecule has 0 saturated heterocycles. The summed E-state index contributed by atoms with van der Waals surface area (Å²) >= 11 is 0. The van der Waals surface area contributed by atoms with Gasteiger partial charge in [0.2, 0.25) is 17.7 Å². The normalized spacial score (nSPS) is 10.5. The monoisotopic (exact) mass is 535 g/mol. The van der Waals surface area contributed by atoms with E-state index in [0.29, 0.717) is 25.9 Å². The molecule has 218 valence electrons. The maximum absolute atomic E-state index is 12.5. The van der Waals surface area contributed by atoms with E-state index in [2.05, 4.69) is 23.8 Å². The van der Waals surface area contributed by atoms with Crippen molar-refractivity contribution in [1.82, 2.24) is 15.5 Å². The zero-order valence-electron chi connectivity index (χ0n) is 23.7. The maximum Gasteiger partial charge on any atom is 0.303 e. The summed E-state index contributed by atoms with van der Waals surface area (Å²) in [5, 5.41) is 14.6. The van der Waals surface area contributed by atoms with Gasteiger partial charge in [-0.3, -0.25) is 19.2 Å². The number of amides is 3. The van der Waals surface area contributed by atoms with Crippen molar-refractivity contribution < 1.29 is 24.3 Å². The van der Waals surface area contributed by atoms with Crippen molar-refractivity contribution >= 4 is 23.7 Å². The van der Waals surface area contributed by atoms with Crippen molar-refractivity contribution in [2.24, 2.45) is 0 Å². The Labute approximate surface area is 230 Å². The number of hydrogen-bond acceptors (Lipinski definition) is 4. The second-order valence-corrected chi connectivity index (χ2v) is 9.87. The minimum Gasteiger partial charge on any atom is -0.481 e. The van der Waals surface area contributed by atoms with Gasteiger partial charge in [0.15, 0.2) is 0 Å². The van der Waals surface area contributed by atoms with Crippen LogP contribution in [0.5, 0.6) is 0 Å². The Morgan fingerprint density at radius 2 is 0.974 bits per heavy atom. The summed E-state index contributed by atoms with van der Waals surface area (Å²) in [7, 11) is 0. The largest absolute Gasteiger partial charge is 0.481 e. The zero-order valence-corrected chi connectivity index (χ0v) is 23.7. The smallest absolute Gasteiger partial charge is 0.303 e. The summed E-state index contributed by atoms with van der Waals surface area (Å²) in [5.41, 5.74) is 0. The van der Waals surface area contributed by atoms with E-state index in [9.17, 15) is 19.2 Å². The number of carboxylic acids is 1. The number of allylic oxidation sites excluding steroid dienone is 2. The van der Waals surface area contributed by atoms with Gasteiger partial charge < -0.3 is 20.6 Å². The zero-order chi connectivity index (χ0) is 28.3. The Morgan fingerprint density at radius 1 is 0.579 bits per heavy atom. The molecule has 0 aromatic carbocycles. The van der Waals surface area contributed by atoms with Crippen molar-refractivity contribution in [2.45, 2.75) is 116 Å². The first-order valence-electron chi connectivity index (χ1n) is 14.7. The number of rotatable bonds is 27. The number of carboxylic acid groups (broad SMARTS) is 1. The van der Waals surface area contributed by atoms with E-state index in [4.69, 9.17) is 5.11 Å². The van der Waals surface area contributed by atoms with Crippen molar-refractivity contribution in [3.63, 3.8) is 0 Å². The van der Waals surface area contributed by atoms with Gasteiger partial charge in [0.05, 0.1) is 6.42 Å². The van der Waals surface area contributed by atoms with Crippen LogP contribution in [0.1, 0.15) is 116 Å². The van der Waals surface area contributed by atoms with Crippen LogP contribution in [-0.2, 0) is 19.2 Å². The van der Waals surface area contributed by atoms with Gasteiger partial charge in [-0.25, -0.2) is 0 Å². The third-order valence-corrected chi connectivity index (χ3v) is 6.44. The molecule has 0 aromatic heterocycles. The summed E-state index contributed by atoms with van der Waals surface area (Å²) in [6, 6.07) is 0. The van der Waals surface area contributed by atoms with E-state index in [0.717, 1.165) is 51.4 Å². The SMILES string of the molecule is C=CCCCCCCCCC(=O)NCCN(CCNC(=O)CCCCCCCCC=C)C(=O)CCC(=O)O. The topological polar surface area (TPSA) is 116 Å². The Bertz CT molecular complexity index is 639. The Hall–Kier alpha value is -2.64. The van der Waals surface area contributed by atoms with E-state index in [-0.39, 0.29) is 43.7 Å². The lowest BCUT2D eigenvalue weighted by Crippen LogP contribution is -2.42. The maximum atomic E-state index is 12.5. The fraction of sp³-hybridized carbons (Fsp3) is 0.733. The Morgan fingerprint density at radius 3 is 1.37 bits per heavy atom. The number of aliphatic carboxylic acids is 1. The number of nitrogens with zero attached hydrogens (tertiary/aromatic N) is 1. The Balaban J connectivity index is 4.17. The number of nitrogens with one attached hydrogen (secondary N) is 2. The van der Waals surface area contributed by atoms with Crippen LogP contribution >= 0.6 is 0 Å². The van der Waals surface area contributed by atoms with Gasteiger partial charge in [0, 0.05) is 45.4 Å². The average Bonchev–Trinajstić information content (AvgIpc) is 2.89. The fourth-order valence-electron chi connectivity index (χ4n) is 4.13. The molecular formula is C30H53N3O5. The first kappa shape index (κ1) is 35.4. The molecule has 0 unspecified atom stereocenters. The molecule has 0 heterocycles. The third-order valence-electron chi connectivity index (χ3n) is 6.44. The lowest BCUT2D eigenvalue weighted by atomic mass is 10.1. The van der Waals surface area contributed by atoms with Crippen LogP contribution < -0.4 is 10.6 Å². The number of unbranched alkanes of at least 4 members (excludes halogenated alkanes) is 12. The summed E-state index contributed by atoms with van der Waals surface area (Å²) in [6.45, 7) is 8.63. The van der Waals surface area contributed by atoms with Crippen LogP contribution in [0.2, 0.25) is 0 Å². The van der Waals surface area contributed by atoms with Crippen LogP contribution in [0.25, 0.3) is 0 Å². The van der Waals surface area contributed by atoms with E-state index in [1.807, 2.05) is 12.2 Å². The molecular weight excluding hydrogens is 482 g/mol. The molecule has 0 rings (SSSR count). The molecule has 0 aliphatic rings. The van der Waals surface area contributed by atoms with Crippen LogP contribution in [0, 0.1) is 0 Å². The minimum atomic E-state index is -1.03. The van der Waals surface area contributed by atoms with Crippen molar-refractivity contribution in [2.75, 3.05) is 26.2 Å². The van der Waals surface area contributed by atoms with Gasteiger partial charge in [-0.2, -0.15) is 0 Å². The summed E-state index contributed by atoms with van der Waals surface area (Å²) in [4.78, 5) is 49.2. The molecule has 0 fully saturated rings. The first-order valence-corrected chi connectivity index (χ1v) is 14.7. The van der Waals surface area contributed by atoms with E-state index in [1.165, 1.54) is 43.4 Å². The van der Waals surface area contributed by atoms with Crippen LogP contribution in [0.15, 0.2) is 25.3 Å². The van der Waals surface area contributed by atoms with Gasteiger partial charge >= 0.3 is 5.97 Å². The summed E-state index contributed by atoms with van der Waals surface area (Å²) in [5.74, 6) is -1.39. The lowest BCUT2D eigenvalue weighted by Gasteiger charge is -2.23. The van der Waals surface area contributed by atoms with Gasteiger partial charge in [-0.15, -0.1) is 13.2 Å². The standard InChI is InChI=1S/C30H53N3O5/c1-3-5-7-9-11-13-15-17-19-27(34)31-23-25-33(29(36)21-22-30(37)38)26-24-32-28(35)20-18-16-14-12-10-8-6-4-2/h3-4H,1-2,5-26H2,(H,31,34)(H,32,35)(H,37,38). The van der Waals surface area contributed by atoms with E-state index in [1.54, 1.807) is 0 Å². The summed E-state index contributed by atoms with van der Waals surface area (Å²) < 4.78 is 0. The van der Waals surface area contributed by atoms with E-state index < -0.39 is 5.97 Å². The second kappa shape index (κ2) is 26.0. The second-order valence-electron chi connectivity index (χ2n) is 9.87. The molecule has 0 aliphatic heterocycles. The van der Waals surface area contributed by atoms with Crippen LogP contribution in [0.4, 0.5) is 0 Å². The molecule has 0 atom stereocenters. The van der Waals surface area contributed by atoms with Crippen molar-refractivity contribution in [3.8, 4) is 0 Å². The predicted octanol–water partition coefficient (Wildman–Crippen LogP) is 5.53. The molecule has 38 heavy (non-hydrogen) atoms. The highest BCUT2D eigenvalue weighted by Crippen LogP contribution is 2.10. The number of carbonyl (C=O) groups is 4. The third kappa shape index (κ3) is 23.7.